The van der Waals surface area contributed by atoms with E-state index in [1.54, 1.807) is 38.2 Å². The molecule has 0 bridgehead atoms. The zero-order valence-corrected chi connectivity index (χ0v) is 12.9. The van der Waals surface area contributed by atoms with Crippen LogP contribution in [-0.4, -0.2) is 16.4 Å². The SMILES string of the molecule is Cc1c(C)c(C)n(C)c(=O)c1N1C(=O)c2ccccc2C1=O. The van der Waals surface area contributed by atoms with Crippen LogP contribution in [0.3, 0.4) is 0 Å². The van der Waals surface area contributed by atoms with Crippen LogP contribution in [0.5, 0.6) is 0 Å². The second-order valence-electron chi connectivity index (χ2n) is 5.54. The molecule has 5 heteroatoms. The third kappa shape index (κ3) is 1.68. The van der Waals surface area contributed by atoms with E-state index in [1.807, 2.05) is 13.8 Å². The van der Waals surface area contributed by atoms with Crippen LogP contribution in [0.2, 0.25) is 0 Å². The van der Waals surface area contributed by atoms with Gasteiger partial charge in [0, 0.05) is 12.7 Å². The van der Waals surface area contributed by atoms with Gasteiger partial charge in [0.25, 0.3) is 17.4 Å². The minimum atomic E-state index is -0.441. The minimum absolute atomic E-state index is 0.150. The molecule has 1 aliphatic heterocycles. The maximum absolute atomic E-state index is 12.6. The smallest absolute Gasteiger partial charge is 0.275 e. The van der Waals surface area contributed by atoms with E-state index in [2.05, 4.69) is 0 Å². The van der Waals surface area contributed by atoms with Gasteiger partial charge in [0.2, 0.25) is 0 Å². The van der Waals surface area contributed by atoms with Gasteiger partial charge in [-0.1, -0.05) is 12.1 Å². The monoisotopic (exact) mass is 296 g/mol. The number of fused-ring (bicyclic) bond motifs is 1. The molecule has 1 aliphatic rings. The molecule has 3 rings (SSSR count). The highest BCUT2D eigenvalue weighted by molar-refractivity contribution is 6.34. The Bertz CT molecular complexity index is 859. The first-order valence-corrected chi connectivity index (χ1v) is 7.00. The Morgan fingerprint density at radius 2 is 1.32 bits per heavy atom. The Morgan fingerprint density at radius 3 is 1.82 bits per heavy atom. The molecule has 112 valence electrons. The van der Waals surface area contributed by atoms with E-state index in [-0.39, 0.29) is 11.2 Å². The predicted octanol–water partition coefficient (Wildman–Crippen LogP) is 2.11. The van der Waals surface area contributed by atoms with Crippen molar-refractivity contribution < 1.29 is 9.59 Å². The number of anilines is 1. The third-order valence-corrected chi connectivity index (χ3v) is 4.49. The summed E-state index contributed by atoms with van der Waals surface area (Å²) in [6.45, 7) is 5.49. The maximum Gasteiger partial charge on any atom is 0.275 e. The number of carbonyl (C=O) groups is 2. The molecule has 0 N–H and O–H groups in total. The van der Waals surface area contributed by atoms with E-state index in [4.69, 9.17) is 0 Å². The molecule has 0 unspecified atom stereocenters. The molecule has 2 aromatic rings. The number of hydrogen-bond donors (Lipinski definition) is 0. The lowest BCUT2D eigenvalue weighted by atomic mass is 10.1. The summed E-state index contributed by atoms with van der Waals surface area (Å²) in [6, 6.07) is 6.63. The van der Waals surface area contributed by atoms with Crippen LogP contribution < -0.4 is 10.5 Å². The number of benzene rings is 1. The third-order valence-electron chi connectivity index (χ3n) is 4.49. The van der Waals surface area contributed by atoms with Crippen LogP contribution in [-0.2, 0) is 7.05 Å². The molecule has 2 heterocycles. The van der Waals surface area contributed by atoms with Crippen LogP contribution in [0, 0.1) is 20.8 Å². The Hall–Kier alpha value is -2.69. The van der Waals surface area contributed by atoms with Crippen LogP contribution in [0.1, 0.15) is 37.5 Å². The first-order valence-electron chi connectivity index (χ1n) is 7.00. The van der Waals surface area contributed by atoms with Crippen molar-refractivity contribution in [2.24, 2.45) is 7.05 Å². The van der Waals surface area contributed by atoms with Crippen molar-refractivity contribution in [1.29, 1.82) is 0 Å². The van der Waals surface area contributed by atoms with Gasteiger partial charge in [-0.05, 0) is 44.0 Å². The standard InChI is InChI=1S/C17H16N2O3/c1-9-10(2)14(17(22)18(4)11(9)3)19-15(20)12-7-5-6-8-13(12)16(19)21/h5-8H,1-4H3. The van der Waals surface area contributed by atoms with Crippen LogP contribution in [0.25, 0.3) is 0 Å². The number of aromatic nitrogens is 1. The van der Waals surface area contributed by atoms with Gasteiger partial charge in [0.05, 0.1) is 11.1 Å². The van der Waals surface area contributed by atoms with E-state index in [1.165, 1.54) is 4.57 Å². The van der Waals surface area contributed by atoms with Crippen molar-refractivity contribution in [3.8, 4) is 0 Å². The topological polar surface area (TPSA) is 59.4 Å². The highest BCUT2D eigenvalue weighted by Crippen LogP contribution is 2.29. The zero-order valence-electron chi connectivity index (χ0n) is 12.9. The Morgan fingerprint density at radius 1 is 0.818 bits per heavy atom. The Kier molecular flexibility index (Phi) is 3.02. The molecular weight excluding hydrogens is 280 g/mol. The molecule has 1 aromatic carbocycles. The lowest BCUT2D eigenvalue weighted by molar-refractivity contribution is 0.0925. The molecule has 5 nitrogen and oxygen atoms in total. The van der Waals surface area contributed by atoms with Gasteiger partial charge < -0.3 is 4.57 Å². The second-order valence-corrected chi connectivity index (χ2v) is 5.54. The lowest BCUT2D eigenvalue weighted by Crippen LogP contribution is -2.37. The molecule has 22 heavy (non-hydrogen) atoms. The number of carbonyl (C=O) groups excluding carboxylic acids is 2. The summed E-state index contributed by atoms with van der Waals surface area (Å²) in [7, 11) is 1.64. The summed E-state index contributed by atoms with van der Waals surface area (Å²) < 4.78 is 1.47. The van der Waals surface area contributed by atoms with Gasteiger partial charge in [0.1, 0.15) is 5.69 Å². The van der Waals surface area contributed by atoms with Crippen LogP contribution in [0.15, 0.2) is 29.1 Å². The quantitative estimate of drug-likeness (QED) is 0.757. The molecule has 0 aliphatic carbocycles. The van der Waals surface area contributed by atoms with Crippen molar-refractivity contribution in [2.45, 2.75) is 20.8 Å². The Labute approximate surface area is 127 Å². The number of pyridine rings is 1. The Balaban J connectivity index is 2.30. The van der Waals surface area contributed by atoms with Crippen LogP contribution in [0.4, 0.5) is 5.69 Å². The van der Waals surface area contributed by atoms with E-state index in [0.717, 1.165) is 16.2 Å². The van der Waals surface area contributed by atoms with Gasteiger partial charge in [-0.3, -0.25) is 14.4 Å². The van der Waals surface area contributed by atoms with Gasteiger partial charge in [-0.15, -0.1) is 0 Å². The predicted molar refractivity (Wildman–Crippen MR) is 83.5 cm³/mol. The summed E-state index contributed by atoms with van der Waals surface area (Å²) in [6.07, 6.45) is 0. The molecule has 0 saturated heterocycles. The number of rotatable bonds is 1. The minimum Gasteiger partial charge on any atom is -0.314 e. The number of amides is 2. The molecule has 1 aromatic heterocycles. The molecule has 0 radical (unpaired) electrons. The van der Waals surface area contributed by atoms with E-state index >= 15 is 0 Å². The number of nitrogens with zero attached hydrogens (tertiary/aromatic N) is 2. The van der Waals surface area contributed by atoms with Crippen molar-refractivity contribution >= 4 is 17.5 Å². The van der Waals surface area contributed by atoms with Gasteiger partial charge in [0.15, 0.2) is 0 Å². The molecule has 0 saturated carbocycles. The normalized spacial score (nSPS) is 13.7. The van der Waals surface area contributed by atoms with Crippen molar-refractivity contribution in [2.75, 3.05) is 4.90 Å². The van der Waals surface area contributed by atoms with Gasteiger partial charge in [-0.2, -0.15) is 0 Å². The van der Waals surface area contributed by atoms with E-state index in [0.29, 0.717) is 16.7 Å². The summed E-state index contributed by atoms with van der Waals surface area (Å²) in [5, 5.41) is 0. The number of hydrogen-bond acceptors (Lipinski definition) is 3. The summed E-state index contributed by atoms with van der Waals surface area (Å²) in [5.74, 6) is -0.881. The molecule has 2 amide bonds. The summed E-state index contributed by atoms with van der Waals surface area (Å²) in [4.78, 5) is 38.8. The largest absolute Gasteiger partial charge is 0.314 e. The van der Waals surface area contributed by atoms with Gasteiger partial charge in [-0.25, -0.2) is 4.90 Å². The second kappa shape index (κ2) is 4.66. The molecule has 0 spiro atoms. The molecule has 0 atom stereocenters. The van der Waals surface area contributed by atoms with Crippen molar-refractivity contribution in [3.63, 3.8) is 0 Å². The van der Waals surface area contributed by atoms with Gasteiger partial charge >= 0.3 is 0 Å². The average Bonchev–Trinajstić information content (AvgIpc) is 2.77. The lowest BCUT2D eigenvalue weighted by Gasteiger charge is -2.20. The van der Waals surface area contributed by atoms with E-state index in [9.17, 15) is 14.4 Å². The highest BCUT2D eigenvalue weighted by atomic mass is 16.2. The fourth-order valence-electron chi connectivity index (χ4n) is 2.83. The fourth-order valence-corrected chi connectivity index (χ4v) is 2.83. The van der Waals surface area contributed by atoms with E-state index < -0.39 is 11.8 Å². The maximum atomic E-state index is 12.6. The van der Waals surface area contributed by atoms with Crippen LogP contribution >= 0.6 is 0 Å². The zero-order chi connectivity index (χ0) is 16.2. The molecule has 0 fully saturated rings. The molecular formula is C17H16N2O3. The fraction of sp³-hybridized carbons (Fsp3) is 0.235. The first kappa shape index (κ1) is 14.3. The van der Waals surface area contributed by atoms with Crippen molar-refractivity contribution in [3.05, 3.63) is 62.6 Å². The summed E-state index contributed by atoms with van der Waals surface area (Å²) >= 11 is 0. The number of imide groups is 1. The van der Waals surface area contributed by atoms with Crippen molar-refractivity contribution in [1.82, 2.24) is 4.57 Å². The summed E-state index contributed by atoms with van der Waals surface area (Å²) in [5.41, 5.74) is 2.87. The highest BCUT2D eigenvalue weighted by Gasteiger charge is 2.39. The first-order chi connectivity index (χ1) is 10.4. The average molecular weight is 296 g/mol.